The van der Waals surface area contributed by atoms with Gasteiger partial charge >= 0.3 is 0 Å². The Bertz CT molecular complexity index is 775. The van der Waals surface area contributed by atoms with E-state index in [1.807, 2.05) is 36.6 Å². The number of hydrogen-bond donors (Lipinski definition) is 2. The van der Waals surface area contributed by atoms with Crippen LogP contribution in [0.25, 0.3) is 10.2 Å². The molecule has 2 aromatic heterocycles. The third kappa shape index (κ3) is 2.51. The van der Waals surface area contributed by atoms with Gasteiger partial charge in [-0.05, 0) is 36.1 Å². The maximum absolute atomic E-state index is 11.8. The predicted molar refractivity (Wildman–Crippen MR) is 78.7 cm³/mol. The van der Waals surface area contributed by atoms with Crippen LogP contribution in [0, 0.1) is 6.92 Å². The largest absolute Gasteiger partial charge is 0.378 e. The van der Waals surface area contributed by atoms with Crippen molar-refractivity contribution in [2.45, 2.75) is 13.5 Å². The summed E-state index contributed by atoms with van der Waals surface area (Å²) >= 11 is 1.41. The Labute approximate surface area is 114 Å². The highest BCUT2D eigenvalue weighted by Gasteiger charge is 2.04. The number of thiophene rings is 1. The molecule has 0 spiro atoms. The highest BCUT2D eigenvalue weighted by molar-refractivity contribution is 7.17. The number of aryl methyl sites for hydroxylation is 1. The molecule has 2 N–H and O–H groups in total. The first kappa shape index (κ1) is 11.9. The highest BCUT2D eigenvalue weighted by atomic mass is 32.1. The van der Waals surface area contributed by atoms with E-state index in [0.717, 1.165) is 11.2 Å². The maximum atomic E-state index is 11.8. The third-order valence-corrected chi connectivity index (χ3v) is 3.74. The molecule has 0 aliphatic carbocycles. The number of aromatic amines is 1. The van der Waals surface area contributed by atoms with E-state index >= 15 is 0 Å². The minimum absolute atomic E-state index is 0.0685. The van der Waals surface area contributed by atoms with E-state index in [1.54, 1.807) is 0 Å². The van der Waals surface area contributed by atoms with Crippen LogP contribution in [0.1, 0.15) is 11.4 Å². The minimum Gasteiger partial charge on any atom is -0.378 e. The van der Waals surface area contributed by atoms with Gasteiger partial charge in [0, 0.05) is 5.69 Å². The highest BCUT2D eigenvalue weighted by Crippen LogP contribution is 2.14. The van der Waals surface area contributed by atoms with E-state index in [1.165, 1.54) is 16.9 Å². The summed E-state index contributed by atoms with van der Waals surface area (Å²) in [5, 5.41) is 5.14. The molecule has 3 rings (SSSR count). The fourth-order valence-corrected chi connectivity index (χ4v) is 2.67. The monoisotopic (exact) mass is 271 g/mol. The number of aromatic nitrogens is 2. The fourth-order valence-electron chi connectivity index (χ4n) is 1.95. The van der Waals surface area contributed by atoms with Crippen LogP contribution in [-0.2, 0) is 6.54 Å². The van der Waals surface area contributed by atoms with E-state index in [4.69, 9.17) is 0 Å². The van der Waals surface area contributed by atoms with Gasteiger partial charge in [0.15, 0.2) is 0 Å². The molecule has 5 heteroatoms. The van der Waals surface area contributed by atoms with E-state index in [0.29, 0.717) is 17.1 Å². The summed E-state index contributed by atoms with van der Waals surface area (Å²) in [6.45, 7) is 2.55. The Balaban J connectivity index is 1.83. The molecule has 4 nitrogen and oxygen atoms in total. The topological polar surface area (TPSA) is 57.8 Å². The van der Waals surface area contributed by atoms with Crippen molar-refractivity contribution >= 4 is 27.2 Å². The van der Waals surface area contributed by atoms with Crippen molar-refractivity contribution in [2.24, 2.45) is 0 Å². The standard InChI is InChI=1S/C14H13N3OS/c1-9-3-2-4-10(7-9)15-8-12-16-11-5-6-19-13(11)14(18)17-12/h2-7,15H,8H2,1H3,(H,16,17,18). The van der Waals surface area contributed by atoms with E-state index in [2.05, 4.69) is 21.4 Å². The number of H-pyrrole nitrogens is 1. The number of hydrogen-bond acceptors (Lipinski definition) is 4. The molecule has 0 atom stereocenters. The Morgan fingerprint density at radius 1 is 1.37 bits per heavy atom. The summed E-state index contributed by atoms with van der Waals surface area (Å²) in [6.07, 6.45) is 0. The Morgan fingerprint density at radius 3 is 3.11 bits per heavy atom. The van der Waals surface area contributed by atoms with Crippen molar-refractivity contribution in [3.63, 3.8) is 0 Å². The molecule has 2 heterocycles. The summed E-state index contributed by atoms with van der Waals surface area (Å²) in [6, 6.07) is 9.96. The molecule has 0 radical (unpaired) electrons. The average molecular weight is 271 g/mol. The molecular formula is C14H13N3OS. The zero-order valence-electron chi connectivity index (χ0n) is 10.4. The third-order valence-electron chi connectivity index (χ3n) is 2.84. The number of anilines is 1. The number of nitrogens with one attached hydrogen (secondary N) is 2. The zero-order valence-corrected chi connectivity index (χ0v) is 11.3. The number of fused-ring (bicyclic) bond motifs is 1. The second kappa shape index (κ2) is 4.85. The number of rotatable bonds is 3. The second-order valence-corrected chi connectivity index (χ2v) is 5.29. The zero-order chi connectivity index (χ0) is 13.2. The Hall–Kier alpha value is -2.14. The SMILES string of the molecule is Cc1cccc(NCc2nc3ccsc3c(=O)[nH]2)c1. The van der Waals surface area contributed by atoms with Gasteiger partial charge in [-0.1, -0.05) is 12.1 Å². The normalized spacial score (nSPS) is 10.8. The van der Waals surface area contributed by atoms with Gasteiger partial charge in [0.2, 0.25) is 0 Å². The first-order valence-corrected chi connectivity index (χ1v) is 6.87. The van der Waals surface area contributed by atoms with Gasteiger partial charge in [-0.2, -0.15) is 0 Å². The lowest BCUT2D eigenvalue weighted by Crippen LogP contribution is -2.13. The quantitative estimate of drug-likeness (QED) is 0.770. The summed E-state index contributed by atoms with van der Waals surface area (Å²) in [5.41, 5.74) is 2.91. The van der Waals surface area contributed by atoms with E-state index in [9.17, 15) is 4.79 Å². The molecule has 0 bridgehead atoms. The molecular weight excluding hydrogens is 258 g/mol. The van der Waals surface area contributed by atoms with Crippen molar-refractivity contribution in [1.29, 1.82) is 0 Å². The summed E-state index contributed by atoms with van der Waals surface area (Å²) in [4.78, 5) is 19.0. The van der Waals surface area contributed by atoms with Gasteiger partial charge in [-0.3, -0.25) is 4.79 Å². The Morgan fingerprint density at radius 2 is 2.26 bits per heavy atom. The van der Waals surface area contributed by atoms with Crippen molar-refractivity contribution in [3.8, 4) is 0 Å². The lowest BCUT2D eigenvalue weighted by Gasteiger charge is -2.06. The van der Waals surface area contributed by atoms with Crippen molar-refractivity contribution in [3.05, 3.63) is 57.5 Å². The molecule has 0 saturated heterocycles. The van der Waals surface area contributed by atoms with Gasteiger partial charge in [-0.25, -0.2) is 4.98 Å². The fraction of sp³-hybridized carbons (Fsp3) is 0.143. The molecule has 1 aromatic carbocycles. The summed E-state index contributed by atoms with van der Waals surface area (Å²) in [5.74, 6) is 0.650. The van der Waals surface area contributed by atoms with Crippen molar-refractivity contribution < 1.29 is 0 Å². The van der Waals surface area contributed by atoms with Crippen LogP contribution in [0.4, 0.5) is 5.69 Å². The van der Waals surface area contributed by atoms with Crippen molar-refractivity contribution in [1.82, 2.24) is 9.97 Å². The summed E-state index contributed by atoms with van der Waals surface area (Å²) < 4.78 is 0.680. The lowest BCUT2D eigenvalue weighted by molar-refractivity contribution is 0.955. The van der Waals surface area contributed by atoms with Crippen LogP contribution in [0.15, 0.2) is 40.5 Å². The van der Waals surface area contributed by atoms with Crippen molar-refractivity contribution in [2.75, 3.05) is 5.32 Å². The smallest absolute Gasteiger partial charge is 0.268 e. The Kier molecular flexibility index (Phi) is 3.05. The first-order chi connectivity index (χ1) is 9.22. The van der Waals surface area contributed by atoms with E-state index in [-0.39, 0.29) is 5.56 Å². The van der Waals surface area contributed by atoms with Crippen LogP contribution < -0.4 is 10.9 Å². The number of benzene rings is 1. The predicted octanol–water partition coefficient (Wildman–Crippen LogP) is 2.91. The van der Waals surface area contributed by atoms with Gasteiger partial charge < -0.3 is 10.3 Å². The molecule has 3 aromatic rings. The molecule has 19 heavy (non-hydrogen) atoms. The van der Waals surface area contributed by atoms with Crippen LogP contribution >= 0.6 is 11.3 Å². The lowest BCUT2D eigenvalue weighted by atomic mass is 10.2. The molecule has 0 fully saturated rings. The molecule has 0 saturated carbocycles. The van der Waals surface area contributed by atoms with Crippen LogP contribution in [0.5, 0.6) is 0 Å². The molecule has 0 amide bonds. The average Bonchev–Trinajstić information content (AvgIpc) is 2.85. The van der Waals surface area contributed by atoms with Gasteiger partial charge in [0.05, 0.1) is 12.1 Å². The van der Waals surface area contributed by atoms with Gasteiger partial charge in [0.1, 0.15) is 10.5 Å². The molecule has 96 valence electrons. The number of nitrogens with zero attached hydrogens (tertiary/aromatic N) is 1. The first-order valence-electron chi connectivity index (χ1n) is 5.99. The van der Waals surface area contributed by atoms with Crippen LogP contribution in [0.2, 0.25) is 0 Å². The van der Waals surface area contributed by atoms with E-state index < -0.39 is 0 Å². The molecule has 0 aliphatic rings. The second-order valence-electron chi connectivity index (χ2n) is 4.37. The van der Waals surface area contributed by atoms with Crippen LogP contribution in [-0.4, -0.2) is 9.97 Å². The molecule has 0 unspecified atom stereocenters. The maximum Gasteiger partial charge on any atom is 0.268 e. The molecule has 0 aliphatic heterocycles. The van der Waals surface area contributed by atoms with Gasteiger partial charge in [0.25, 0.3) is 5.56 Å². The minimum atomic E-state index is -0.0685. The summed E-state index contributed by atoms with van der Waals surface area (Å²) in [7, 11) is 0. The van der Waals surface area contributed by atoms with Gasteiger partial charge in [-0.15, -0.1) is 11.3 Å². The van der Waals surface area contributed by atoms with Crippen LogP contribution in [0.3, 0.4) is 0 Å².